The van der Waals surface area contributed by atoms with Crippen molar-refractivity contribution in [2.75, 3.05) is 26.5 Å². The molecule has 0 bridgehead atoms. The summed E-state index contributed by atoms with van der Waals surface area (Å²) in [7, 11) is -3.07. The summed E-state index contributed by atoms with van der Waals surface area (Å²) in [6.07, 6.45) is 0. The van der Waals surface area contributed by atoms with Crippen molar-refractivity contribution in [1.82, 2.24) is 9.03 Å². The predicted octanol–water partition coefficient (Wildman–Crippen LogP) is 1.10. The molecule has 0 heterocycles. The van der Waals surface area contributed by atoms with Crippen LogP contribution in [0.4, 0.5) is 5.69 Å². The van der Waals surface area contributed by atoms with Crippen LogP contribution >= 0.6 is 0 Å². The monoisotopic (exact) mass is 397 g/mol. The number of amides is 1. The minimum Gasteiger partial charge on any atom is -0.322 e. The molecule has 0 radical (unpaired) electrons. The van der Waals surface area contributed by atoms with Gasteiger partial charge in [0.1, 0.15) is 0 Å². The third-order valence-electron chi connectivity index (χ3n) is 3.57. The van der Waals surface area contributed by atoms with Crippen LogP contribution in [0.5, 0.6) is 0 Å². The number of benzene rings is 2. The fourth-order valence-corrected chi connectivity index (χ4v) is 3.72. The fraction of sp³-hybridized carbons (Fsp3) is 0.188. The van der Waals surface area contributed by atoms with Gasteiger partial charge in [-0.1, -0.05) is 6.07 Å². The van der Waals surface area contributed by atoms with Crippen molar-refractivity contribution in [3.05, 3.63) is 54.1 Å². The number of sulfonamides is 2. The molecule has 1 amide bonds. The molecule has 140 valence electrons. The van der Waals surface area contributed by atoms with Crippen LogP contribution in [0.2, 0.25) is 0 Å². The lowest BCUT2D eigenvalue weighted by Gasteiger charge is -2.12. The van der Waals surface area contributed by atoms with E-state index in [4.69, 9.17) is 0 Å². The topological polar surface area (TPSA) is 113 Å². The van der Waals surface area contributed by atoms with Gasteiger partial charge in [0.2, 0.25) is 20.0 Å². The van der Waals surface area contributed by atoms with E-state index in [1.165, 1.54) is 69.7 Å². The van der Waals surface area contributed by atoms with Crippen LogP contribution in [0.15, 0.2) is 58.3 Å². The van der Waals surface area contributed by atoms with Crippen molar-refractivity contribution in [1.29, 1.82) is 0 Å². The third-order valence-corrected chi connectivity index (χ3v) is 6.81. The van der Waals surface area contributed by atoms with Crippen molar-refractivity contribution in [2.24, 2.45) is 0 Å². The maximum atomic E-state index is 12.3. The lowest BCUT2D eigenvalue weighted by molar-refractivity contribution is 0.102. The molecule has 0 aliphatic carbocycles. The maximum absolute atomic E-state index is 12.3. The second-order valence-corrected chi connectivity index (χ2v) is 9.54. The molecule has 0 saturated carbocycles. The zero-order valence-electron chi connectivity index (χ0n) is 14.4. The Kier molecular flexibility index (Phi) is 5.81. The number of hydrogen-bond acceptors (Lipinski definition) is 5. The standard InChI is InChI=1S/C16H19N3O5S2/c1-17-25(21,22)15-6-4-5-12(11-15)16(20)18-13-7-9-14(10-8-13)26(23,24)19(2)3/h4-11,17H,1-3H3,(H,18,20). The van der Waals surface area contributed by atoms with Crippen LogP contribution in [-0.2, 0) is 20.0 Å². The first-order valence-corrected chi connectivity index (χ1v) is 10.4. The quantitative estimate of drug-likeness (QED) is 0.758. The molecule has 0 aliphatic heterocycles. The molecule has 0 spiro atoms. The second kappa shape index (κ2) is 7.54. The molecule has 0 unspecified atom stereocenters. The number of carbonyl (C=O) groups is 1. The van der Waals surface area contributed by atoms with Gasteiger partial charge in [0.05, 0.1) is 9.79 Å². The van der Waals surface area contributed by atoms with Gasteiger partial charge in [0.15, 0.2) is 0 Å². The summed E-state index contributed by atoms with van der Waals surface area (Å²) in [5.74, 6) is -0.513. The Balaban J connectivity index is 2.22. The average Bonchev–Trinajstić information content (AvgIpc) is 2.62. The van der Waals surface area contributed by atoms with Gasteiger partial charge >= 0.3 is 0 Å². The zero-order valence-corrected chi connectivity index (χ0v) is 16.1. The molecule has 0 fully saturated rings. The molecule has 8 nitrogen and oxygen atoms in total. The van der Waals surface area contributed by atoms with Gasteiger partial charge in [0, 0.05) is 25.3 Å². The first-order chi connectivity index (χ1) is 12.1. The van der Waals surface area contributed by atoms with E-state index in [9.17, 15) is 21.6 Å². The summed E-state index contributed by atoms with van der Waals surface area (Å²) in [6.45, 7) is 0. The van der Waals surface area contributed by atoms with Crippen LogP contribution < -0.4 is 10.0 Å². The molecule has 2 N–H and O–H groups in total. The smallest absolute Gasteiger partial charge is 0.255 e. The number of nitrogens with one attached hydrogen (secondary N) is 2. The molecule has 2 rings (SSSR count). The Morgan fingerprint density at radius 3 is 2.08 bits per heavy atom. The van der Waals surface area contributed by atoms with Crippen LogP contribution in [0, 0.1) is 0 Å². The molecule has 2 aromatic carbocycles. The van der Waals surface area contributed by atoms with Crippen molar-refractivity contribution >= 4 is 31.6 Å². The molecular formula is C16H19N3O5S2. The maximum Gasteiger partial charge on any atom is 0.255 e. The summed E-state index contributed by atoms with van der Waals surface area (Å²) in [5, 5.41) is 2.60. The lowest BCUT2D eigenvalue weighted by atomic mass is 10.2. The highest BCUT2D eigenvalue weighted by Crippen LogP contribution is 2.18. The second-order valence-electron chi connectivity index (χ2n) is 5.50. The van der Waals surface area contributed by atoms with Crippen LogP contribution in [0.25, 0.3) is 0 Å². The van der Waals surface area contributed by atoms with Crippen molar-refractivity contribution in [3.63, 3.8) is 0 Å². The van der Waals surface area contributed by atoms with Crippen molar-refractivity contribution in [2.45, 2.75) is 9.79 Å². The van der Waals surface area contributed by atoms with Gasteiger partial charge in [-0.15, -0.1) is 0 Å². The largest absolute Gasteiger partial charge is 0.322 e. The first kappa shape index (κ1) is 20.0. The summed E-state index contributed by atoms with van der Waals surface area (Å²) >= 11 is 0. The molecule has 0 aliphatic rings. The van der Waals surface area contributed by atoms with E-state index in [1.807, 2.05) is 0 Å². The Morgan fingerprint density at radius 2 is 1.54 bits per heavy atom. The first-order valence-electron chi connectivity index (χ1n) is 7.45. The molecule has 10 heteroatoms. The molecule has 26 heavy (non-hydrogen) atoms. The van der Waals surface area contributed by atoms with Crippen LogP contribution in [0.1, 0.15) is 10.4 Å². The van der Waals surface area contributed by atoms with E-state index in [0.29, 0.717) is 5.69 Å². The molecule has 2 aromatic rings. The van der Waals surface area contributed by atoms with Crippen molar-refractivity contribution < 1.29 is 21.6 Å². The lowest BCUT2D eigenvalue weighted by Crippen LogP contribution is -2.22. The third kappa shape index (κ3) is 4.28. The minimum absolute atomic E-state index is 0.0277. The van der Waals surface area contributed by atoms with E-state index in [2.05, 4.69) is 10.0 Å². The van der Waals surface area contributed by atoms with Gasteiger partial charge in [-0.25, -0.2) is 25.9 Å². The Morgan fingerprint density at radius 1 is 0.923 bits per heavy atom. The van der Waals surface area contributed by atoms with Gasteiger partial charge < -0.3 is 5.32 Å². The number of anilines is 1. The number of nitrogens with zero attached hydrogens (tertiary/aromatic N) is 1. The highest BCUT2D eigenvalue weighted by Gasteiger charge is 2.17. The van der Waals surface area contributed by atoms with E-state index >= 15 is 0 Å². The average molecular weight is 397 g/mol. The highest BCUT2D eigenvalue weighted by atomic mass is 32.2. The van der Waals surface area contributed by atoms with E-state index in [-0.39, 0.29) is 15.4 Å². The summed E-state index contributed by atoms with van der Waals surface area (Å²) in [6, 6.07) is 11.3. The highest BCUT2D eigenvalue weighted by molar-refractivity contribution is 7.89. The van der Waals surface area contributed by atoms with Gasteiger partial charge in [-0.2, -0.15) is 0 Å². The Bertz CT molecular complexity index is 1010. The summed E-state index contributed by atoms with van der Waals surface area (Å²) in [4.78, 5) is 12.4. The van der Waals surface area contributed by atoms with Crippen molar-refractivity contribution in [3.8, 4) is 0 Å². The van der Waals surface area contributed by atoms with Gasteiger partial charge in [-0.05, 0) is 49.5 Å². The number of hydrogen-bond donors (Lipinski definition) is 2. The molecule has 0 saturated heterocycles. The normalized spacial score (nSPS) is 12.2. The van der Waals surface area contributed by atoms with E-state index in [0.717, 1.165) is 4.31 Å². The Labute approximate surface area is 152 Å². The fourth-order valence-electron chi connectivity index (χ4n) is 2.05. The molecular weight excluding hydrogens is 378 g/mol. The zero-order chi connectivity index (χ0) is 19.5. The van der Waals surface area contributed by atoms with Gasteiger partial charge in [0.25, 0.3) is 5.91 Å². The predicted molar refractivity (Wildman–Crippen MR) is 98.0 cm³/mol. The molecule has 0 atom stereocenters. The SMILES string of the molecule is CNS(=O)(=O)c1cccc(C(=O)Nc2ccc(S(=O)(=O)N(C)C)cc2)c1. The van der Waals surface area contributed by atoms with Gasteiger partial charge in [-0.3, -0.25) is 4.79 Å². The molecule has 0 aromatic heterocycles. The van der Waals surface area contributed by atoms with E-state index < -0.39 is 26.0 Å². The van der Waals surface area contributed by atoms with E-state index in [1.54, 1.807) is 0 Å². The van der Waals surface area contributed by atoms with Crippen LogP contribution in [0.3, 0.4) is 0 Å². The van der Waals surface area contributed by atoms with Crippen LogP contribution in [-0.4, -0.2) is 48.2 Å². The Hall–Kier alpha value is -2.27. The number of rotatable bonds is 6. The number of carbonyl (C=O) groups excluding carboxylic acids is 1. The minimum atomic E-state index is -3.66. The summed E-state index contributed by atoms with van der Waals surface area (Å²) < 4.78 is 51.0. The summed E-state index contributed by atoms with van der Waals surface area (Å²) in [5.41, 5.74) is 0.542.